The van der Waals surface area contributed by atoms with Crippen molar-refractivity contribution in [1.29, 1.82) is 0 Å². The first-order valence-electron chi connectivity index (χ1n) is 39.7. The molecule has 2 unspecified atom stereocenters. The van der Waals surface area contributed by atoms with Crippen molar-refractivity contribution in [3.63, 3.8) is 0 Å². The fourth-order valence-electron chi connectivity index (χ4n) is 13.1. The van der Waals surface area contributed by atoms with Crippen LogP contribution < -0.4 is 32.3 Å². The van der Waals surface area contributed by atoms with Gasteiger partial charge >= 0.3 is 0 Å². The minimum atomic E-state index is -2.98. The highest BCUT2D eigenvalue weighted by molar-refractivity contribution is 7.88. The quantitative estimate of drug-likeness (QED) is 0.0511. The number of ether oxygens (including phenoxy) is 2. The Morgan fingerprint density at radius 1 is 0.524 bits per heavy atom. The van der Waals surface area contributed by atoms with Crippen molar-refractivity contribution in [3.05, 3.63) is 0 Å². The second-order valence-corrected chi connectivity index (χ2v) is 35.1. The zero-order chi connectivity index (χ0) is 77.8. The molecule has 0 aromatic heterocycles. The van der Waals surface area contributed by atoms with Gasteiger partial charge in [0.2, 0.25) is 33.7 Å². The Morgan fingerprint density at radius 3 is 1.37 bits per heavy atom. The van der Waals surface area contributed by atoms with E-state index in [0.29, 0.717) is 85.2 Å². The number of aliphatic hydroxyl groups excluding tert-OH is 5. The monoisotopic (exact) mass is 1490 g/mol. The topological polar surface area (TPSA) is 331 Å². The summed E-state index contributed by atoms with van der Waals surface area (Å²) < 4.78 is 34.8. The van der Waals surface area contributed by atoms with Gasteiger partial charge in [-0.05, 0) is 118 Å². The maximum absolute atomic E-state index is 11.6. The van der Waals surface area contributed by atoms with Crippen molar-refractivity contribution in [2.75, 3.05) is 190 Å². The van der Waals surface area contributed by atoms with Gasteiger partial charge in [-0.15, -0.1) is 0 Å². The molecule has 8 rings (SSSR count). The van der Waals surface area contributed by atoms with E-state index in [0.717, 1.165) is 201 Å². The van der Waals surface area contributed by atoms with Crippen LogP contribution in [-0.4, -0.2) is 330 Å². The molecule has 7 saturated heterocycles. The number of hydrogen-bond acceptors (Lipinski definition) is 21. The molecule has 1 aliphatic carbocycles. The lowest BCUT2D eigenvalue weighted by Crippen LogP contribution is -2.46. The Morgan fingerprint density at radius 2 is 0.981 bits per heavy atom. The Labute approximate surface area is 626 Å². The molecule has 1 saturated carbocycles. The van der Waals surface area contributed by atoms with Crippen LogP contribution in [0.15, 0.2) is 0 Å². The van der Waals surface area contributed by atoms with E-state index in [-0.39, 0.29) is 55.0 Å². The molecular formula is C76H157N13O13S. The molecule has 103 heavy (non-hydrogen) atoms. The summed E-state index contributed by atoms with van der Waals surface area (Å²) in [5, 5.41) is 58.7. The number of sulfonamides is 1. The van der Waals surface area contributed by atoms with Gasteiger partial charge in [0.25, 0.3) is 0 Å². The minimum Gasteiger partial charge on any atom is -0.395 e. The second kappa shape index (κ2) is 55.6. The number of nitrogens with one attached hydrogen (secondary N) is 5. The van der Waals surface area contributed by atoms with Crippen LogP contribution in [0.4, 0.5) is 0 Å². The molecule has 4 amide bonds. The molecule has 7 atom stereocenters. The molecule has 0 spiro atoms. The number of nitrogens with zero attached hydrogens (tertiary/aromatic N) is 7. The summed E-state index contributed by atoms with van der Waals surface area (Å²) in [5.74, 6) is 5.30. The van der Waals surface area contributed by atoms with Crippen molar-refractivity contribution >= 4 is 33.7 Å². The summed E-state index contributed by atoms with van der Waals surface area (Å²) in [6.07, 6.45) is 10.5. The number of aliphatic hydroxyl groups is 5. The lowest BCUT2D eigenvalue weighted by Gasteiger charge is -2.33. The van der Waals surface area contributed by atoms with E-state index in [2.05, 4.69) is 148 Å². The van der Waals surface area contributed by atoms with Gasteiger partial charge < -0.3 is 86.9 Å². The third-order valence-electron chi connectivity index (χ3n) is 18.7. The molecule has 8 aliphatic rings. The van der Waals surface area contributed by atoms with Gasteiger partial charge in [-0.3, -0.25) is 29.0 Å². The molecule has 0 radical (unpaired) electrons. The van der Waals surface area contributed by atoms with Crippen molar-refractivity contribution in [2.45, 2.75) is 224 Å². The van der Waals surface area contributed by atoms with Gasteiger partial charge in [0.1, 0.15) is 13.2 Å². The molecule has 27 heteroatoms. The summed E-state index contributed by atoms with van der Waals surface area (Å²) in [4.78, 5) is 58.4. The van der Waals surface area contributed by atoms with Gasteiger partial charge in [-0.1, -0.05) is 111 Å². The van der Waals surface area contributed by atoms with Gasteiger partial charge in [-0.25, -0.2) is 12.7 Å². The molecule has 0 aromatic carbocycles. The van der Waals surface area contributed by atoms with Gasteiger partial charge in [0.05, 0.1) is 44.9 Å². The largest absolute Gasteiger partial charge is 0.395 e. The van der Waals surface area contributed by atoms with Crippen LogP contribution in [0, 0.1) is 53.3 Å². The van der Waals surface area contributed by atoms with E-state index in [1.54, 1.807) is 11.2 Å². The molecule has 610 valence electrons. The number of amides is 4. The fourth-order valence-corrected chi connectivity index (χ4v) is 14.0. The summed E-state index contributed by atoms with van der Waals surface area (Å²) in [6.45, 7) is 58.7. The number of hydrogen-bond donors (Lipinski definition) is 11. The fraction of sp³-hybridized carbons (Fsp3) is 0.947. The van der Waals surface area contributed by atoms with Crippen molar-refractivity contribution in [1.82, 2.24) is 60.3 Å². The van der Waals surface area contributed by atoms with Crippen LogP contribution in [0.5, 0.6) is 0 Å². The number of likely N-dealkylation sites (tertiary alicyclic amines) is 4. The SMILES string of the molecule is CC(=O)N1CC[C@@H](NCC(C)C)C1.CC(C)C(O)CO.CC(C)CN(CCO)[C@H]1CCOC1.CC(C)CN1CCC(NC(=O)CO)CC1.CC(C)CN1CCOC(CN)C1.CC(C)CN1CC[C@@H](NC(=O)C2CC2)C1.CC(C)CN1CC[C@@H](NC(=O)CO)C1.CC(C)CN[C@@H]1CCN(S(C)(=O)=O)C1. The molecule has 12 N–H and O–H groups in total. The predicted molar refractivity (Wildman–Crippen MR) is 417 cm³/mol. The maximum Gasteiger partial charge on any atom is 0.245 e. The Bertz CT molecular complexity index is 2300. The standard InChI is InChI=1S/C12H22N2O.C11H22N2O2.C10H20N2O2.C10H20N2O.C10H21NO2.C9H20N2O2S.C9H20N2O.C5H12O2/c1-9(2)7-14-6-5-11(8-14)13-12(15)10-3-4-10;1-9(2)7-13-5-3-10(4-6-13)12-11(15)8-14;1-8(2)5-12-4-3-9(6-12)11-10(14)7-13;1-8(2)6-11-10-4-5-12(7-10)9(3)13;1-9(2)7-11(4-5-12)10-3-6-13-8-10;1-8(2)6-10-9-4-5-11(7-9)14(3,12)13;1-8(2)6-11-3-4-12-9(5-10)7-11;1-4(2)5(7)3-6/h9-11H,3-8H2,1-2H3,(H,13,15);9-10,14H,3-8H2,1-2H3,(H,12,15);8-9,13H,3-7H2,1-2H3,(H,11,14);8,10-11H,4-7H2,1-3H3;9-10,12H,3-8H2,1-2H3;8-10H,4-7H2,1-3H3;8-9H,3-7,10H2,1-2H3;4-7H,3H2,1-2H3/t11-;;9-;2*10-;9-;;/m1.1101../s1. The molecular weight excluding hydrogens is 1330 g/mol. The van der Waals surface area contributed by atoms with E-state index in [4.69, 9.17) is 40.7 Å². The van der Waals surface area contributed by atoms with Crippen LogP contribution in [0.25, 0.3) is 0 Å². The lowest BCUT2D eigenvalue weighted by atomic mass is 10.0. The molecule has 7 heterocycles. The highest BCUT2D eigenvalue weighted by Crippen LogP contribution is 2.29. The number of piperidine rings is 1. The minimum absolute atomic E-state index is 0.127. The summed E-state index contributed by atoms with van der Waals surface area (Å²) in [6, 6.07) is 2.30. The van der Waals surface area contributed by atoms with Crippen LogP contribution in [0.1, 0.15) is 175 Å². The van der Waals surface area contributed by atoms with Gasteiger partial charge in [0.15, 0.2) is 0 Å². The first kappa shape index (κ1) is 98.2. The molecule has 7 aliphatic heterocycles. The summed E-state index contributed by atoms with van der Waals surface area (Å²) >= 11 is 0. The summed E-state index contributed by atoms with van der Waals surface area (Å²) in [5.41, 5.74) is 5.54. The molecule has 0 aromatic rings. The van der Waals surface area contributed by atoms with Crippen molar-refractivity contribution in [2.24, 2.45) is 59.0 Å². The van der Waals surface area contributed by atoms with E-state index in [1.807, 2.05) is 18.7 Å². The highest BCUT2D eigenvalue weighted by Gasteiger charge is 2.34. The van der Waals surface area contributed by atoms with E-state index in [9.17, 15) is 27.6 Å². The van der Waals surface area contributed by atoms with E-state index >= 15 is 0 Å². The predicted octanol–water partition coefficient (Wildman–Crippen LogP) is 3.43. The zero-order valence-corrected chi connectivity index (χ0v) is 68.9. The average molecular weight is 1490 g/mol. The number of morpholine rings is 1. The second-order valence-electron chi connectivity index (χ2n) is 33.1. The Kier molecular flexibility index (Phi) is 53.0. The third kappa shape index (κ3) is 49.1. The third-order valence-corrected chi connectivity index (χ3v) is 19.9. The number of rotatable bonds is 29. The summed E-state index contributed by atoms with van der Waals surface area (Å²) in [7, 11) is -2.98. The normalized spacial score (nSPS) is 23.2. The zero-order valence-electron chi connectivity index (χ0n) is 68.1. The first-order valence-corrected chi connectivity index (χ1v) is 41.6. The van der Waals surface area contributed by atoms with Crippen LogP contribution in [0.2, 0.25) is 0 Å². The lowest BCUT2D eigenvalue weighted by molar-refractivity contribution is -0.128. The van der Waals surface area contributed by atoms with Crippen LogP contribution in [-0.2, 0) is 38.7 Å². The van der Waals surface area contributed by atoms with Crippen LogP contribution in [0.3, 0.4) is 0 Å². The van der Waals surface area contributed by atoms with E-state index in [1.165, 1.54) is 12.8 Å². The van der Waals surface area contributed by atoms with E-state index < -0.39 is 29.3 Å². The van der Waals surface area contributed by atoms with Crippen molar-refractivity contribution in [3.8, 4) is 0 Å². The smallest absolute Gasteiger partial charge is 0.245 e. The molecule has 0 bridgehead atoms. The first-order chi connectivity index (χ1) is 48.5. The number of carbonyl (C=O) groups is 4. The number of carbonyl (C=O) groups excluding carboxylic acids is 4. The van der Waals surface area contributed by atoms with Crippen molar-refractivity contribution < 1.29 is 62.6 Å². The molecule has 8 fully saturated rings. The van der Waals surface area contributed by atoms with Gasteiger partial charge in [-0.2, -0.15) is 0 Å². The Balaban J connectivity index is 0.000000592. The maximum atomic E-state index is 11.6. The average Bonchev–Trinajstić information content (AvgIpc) is 1.75. The van der Waals surface area contributed by atoms with Crippen LogP contribution >= 0.6 is 0 Å². The number of nitrogens with two attached hydrogens (primary N) is 1. The van der Waals surface area contributed by atoms with Gasteiger partial charge in [0, 0.05) is 180 Å². The Hall–Kier alpha value is -2.81. The highest BCUT2D eigenvalue weighted by atomic mass is 32.2. The molecule has 26 nitrogen and oxygen atoms in total.